The molecule has 0 spiro atoms. The number of rotatable bonds is 10. The Kier molecular flexibility index (Phi) is 8.80. The van der Waals surface area contributed by atoms with Gasteiger partial charge in [-0.2, -0.15) is 0 Å². The highest BCUT2D eigenvalue weighted by Crippen LogP contribution is 2.15. The first-order valence-electron chi connectivity index (χ1n) is 10.7. The third-order valence-corrected chi connectivity index (χ3v) is 5.37. The number of urea groups is 1. The van der Waals surface area contributed by atoms with Gasteiger partial charge in [0.15, 0.2) is 0 Å². The van der Waals surface area contributed by atoms with Gasteiger partial charge in [-0.05, 0) is 29.7 Å². The molecule has 0 aromatic heterocycles. The van der Waals surface area contributed by atoms with Gasteiger partial charge < -0.3 is 15.2 Å². The molecule has 0 saturated carbocycles. The van der Waals surface area contributed by atoms with Gasteiger partial charge in [-0.3, -0.25) is 10.2 Å². The average Bonchev–Trinajstić information content (AvgIpc) is 2.85. The van der Waals surface area contributed by atoms with Crippen molar-refractivity contribution in [1.82, 2.24) is 10.6 Å². The molecular formula is C26H31N3O3. The van der Waals surface area contributed by atoms with Crippen molar-refractivity contribution in [3.8, 4) is 0 Å². The van der Waals surface area contributed by atoms with Crippen molar-refractivity contribution in [2.75, 3.05) is 25.6 Å². The highest BCUT2D eigenvalue weighted by Gasteiger charge is 2.25. The summed E-state index contributed by atoms with van der Waals surface area (Å²) in [7, 11) is 3.33. The number of aliphatic hydroxyl groups excluding tert-OH is 1. The van der Waals surface area contributed by atoms with Crippen molar-refractivity contribution in [3.63, 3.8) is 0 Å². The SMILES string of the molecule is COC(NC[C@@H](O)[C@H](Cc1ccccc1)NC(=O)N(C)c1ccccc1)c1ccccc1. The average molecular weight is 434 g/mol. The quantitative estimate of drug-likeness (QED) is 0.426. The molecule has 2 amide bonds. The lowest BCUT2D eigenvalue weighted by atomic mass is 10.0. The Labute approximate surface area is 189 Å². The topological polar surface area (TPSA) is 73.8 Å². The minimum Gasteiger partial charge on any atom is -0.390 e. The second kappa shape index (κ2) is 12.0. The molecule has 0 aliphatic carbocycles. The van der Waals surface area contributed by atoms with E-state index < -0.39 is 12.1 Å². The van der Waals surface area contributed by atoms with Crippen LogP contribution in [0.1, 0.15) is 17.4 Å². The van der Waals surface area contributed by atoms with Gasteiger partial charge in [-0.25, -0.2) is 4.79 Å². The zero-order valence-electron chi connectivity index (χ0n) is 18.5. The summed E-state index contributed by atoms with van der Waals surface area (Å²) >= 11 is 0. The van der Waals surface area contributed by atoms with Crippen molar-refractivity contribution >= 4 is 11.7 Å². The first-order valence-corrected chi connectivity index (χ1v) is 10.7. The van der Waals surface area contributed by atoms with E-state index in [2.05, 4.69) is 10.6 Å². The van der Waals surface area contributed by atoms with E-state index in [0.717, 1.165) is 16.8 Å². The number of anilines is 1. The van der Waals surface area contributed by atoms with E-state index in [4.69, 9.17) is 4.74 Å². The van der Waals surface area contributed by atoms with E-state index >= 15 is 0 Å². The molecule has 0 bridgehead atoms. The number of benzene rings is 3. The number of hydrogen-bond donors (Lipinski definition) is 3. The number of aliphatic hydroxyl groups is 1. The monoisotopic (exact) mass is 433 g/mol. The van der Waals surface area contributed by atoms with E-state index in [1.54, 1.807) is 19.1 Å². The van der Waals surface area contributed by atoms with Gasteiger partial charge in [0.05, 0.1) is 12.1 Å². The van der Waals surface area contributed by atoms with Crippen LogP contribution in [0.15, 0.2) is 91.0 Å². The molecule has 0 aliphatic heterocycles. The Morgan fingerprint density at radius 3 is 2.09 bits per heavy atom. The molecule has 3 aromatic carbocycles. The molecule has 32 heavy (non-hydrogen) atoms. The van der Waals surface area contributed by atoms with Crippen LogP contribution in [0.5, 0.6) is 0 Å². The molecule has 6 nitrogen and oxygen atoms in total. The molecule has 3 atom stereocenters. The fraction of sp³-hybridized carbons (Fsp3) is 0.269. The van der Waals surface area contributed by atoms with Gasteiger partial charge in [0.25, 0.3) is 0 Å². The molecule has 6 heteroatoms. The number of ether oxygens (including phenoxy) is 1. The predicted octanol–water partition coefficient (Wildman–Crippen LogP) is 3.74. The smallest absolute Gasteiger partial charge is 0.321 e. The summed E-state index contributed by atoms with van der Waals surface area (Å²) in [5.74, 6) is 0. The maximum atomic E-state index is 12.9. The van der Waals surface area contributed by atoms with Crippen LogP contribution >= 0.6 is 0 Å². The molecule has 0 aliphatic rings. The molecule has 0 fully saturated rings. The summed E-state index contributed by atoms with van der Waals surface area (Å²) in [4.78, 5) is 14.5. The number of carbonyl (C=O) groups excluding carboxylic acids is 1. The Balaban J connectivity index is 1.69. The van der Waals surface area contributed by atoms with E-state index in [1.165, 1.54) is 0 Å². The largest absolute Gasteiger partial charge is 0.390 e. The van der Waals surface area contributed by atoms with E-state index in [0.29, 0.717) is 6.42 Å². The van der Waals surface area contributed by atoms with Crippen LogP contribution in [-0.4, -0.2) is 44.0 Å². The highest BCUT2D eigenvalue weighted by molar-refractivity contribution is 5.91. The standard InChI is InChI=1S/C26H31N3O3/c1-29(22-16-10-5-11-17-22)26(31)28-23(18-20-12-6-3-7-13-20)24(30)19-27-25(32-2)21-14-8-4-9-15-21/h3-17,23-25,27,30H,18-19H2,1-2H3,(H,28,31)/t23-,24+,25?/m0/s1. The maximum Gasteiger partial charge on any atom is 0.321 e. The zero-order valence-corrected chi connectivity index (χ0v) is 18.5. The summed E-state index contributed by atoms with van der Waals surface area (Å²) in [5.41, 5.74) is 2.78. The van der Waals surface area contributed by atoms with Crippen molar-refractivity contribution in [3.05, 3.63) is 102 Å². The van der Waals surface area contributed by atoms with Crippen molar-refractivity contribution in [2.45, 2.75) is 24.8 Å². The van der Waals surface area contributed by atoms with Gasteiger partial charge in [0.2, 0.25) is 0 Å². The van der Waals surface area contributed by atoms with Crippen LogP contribution in [0.2, 0.25) is 0 Å². The summed E-state index contributed by atoms with van der Waals surface area (Å²) < 4.78 is 5.54. The number of hydrogen-bond acceptors (Lipinski definition) is 4. The molecule has 3 rings (SSSR count). The molecule has 0 saturated heterocycles. The summed E-state index contributed by atoms with van der Waals surface area (Å²) in [6.45, 7) is 0.250. The van der Waals surface area contributed by atoms with E-state index in [9.17, 15) is 9.90 Å². The number of nitrogens with one attached hydrogen (secondary N) is 2. The Morgan fingerprint density at radius 2 is 1.50 bits per heavy atom. The first kappa shape index (κ1) is 23.5. The summed E-state index contributed by atoms with van der Waals surface area (Å²) in [6.07, 6.45) is -0.684. The molecular weight excluding hydrogens is 402 g/mol. The predicted molar refractivity (Wildman–Crippen MR) is 128 cm³/mol. The fourth-order valence-corrected chi connectivity index (χ4v) is 3.51. The van der Waals surface area contributed by atoms with Crippen molar-refractivity contribution in [2.24, 2.45) is 0 Å². The van der Waals surface area contributed by atoms with Gasteiger partial charge in [0, 0.05) is 26.4 Å². The van der Waals surface area contributed by atoms with Gasteiger partial charge in [-0.1, -0.05) is 78.9 Å². The maximum absolute atomic E-state index is 12.9. The molecule has 0 heterocycles. The molecule has 0 radical (unpaired) electrons. The second-order valence-corrected chi connectivity index (χ2v) is 7.64. The number of para-hydroxylation sites is 1. The Morgan fingerprint density at radius 1 is 0.938 bits per heavy atom. The number of amides is 2. The summed E-state index contributed by atoms with van der Waals surface area (Å²) in [6, 6.07) is 28.2. The lowest BCUT2D eigenvalue weighted by Crippen LogP contribution is -2.52. The minimum atomic E-state index is -0.829. The zero-order chi connectivity index (χ0) is 22.8. The van der Waals surface area contributed by atoms with Gasteiger partial charge >= 0.3 is 6.03 Å². The van der Waals surface area contributed by atoms with Gasteiger partial charge in [0.1, 0.15) is 6.23 Å². The number of methoxy groups -OCH3 is 1. The van der Waals surface area contributed by atoms with Crippen molar-refractivity contribution in [1.29, 1.82) is 0 Å². The minimum absolute atomic E-state index is 0.250. The van der Waals surface area contributed by atoms with E-state index in [-0.39, 0.29) is 18.8 Å². The third kappa shape index (κ3) is 6.65. The van der Waals surface area contributed by atoms with Gasteiger partial charge in [-0.15, -0.1) is 0 Å². The summed E-state index contributed by atoms with van der Waals surface area (Å²) in [5, 5.41) is 17.3. The van der Waals surface area contributed by atoms with Crippen molar-refractivity contribution < 1.29 is 14.6 Å². The second-order valence-electron chi connectivity index (χ2n) is 7.64. The van der Waals surface area contributed by atoms with Crippen LogP contribution in [0.25, 0.3) is 0 Å². The van der Waals surface area contributed by atoms with E-state index in [1.807, 2.05) is 91.0 Å². The van der Waals surface area contributed by atoms with Crippen LogP contribution in [0.3, 0.4) is 0 Å². The van der Waals surface area contributed by atoms with Crippen LogP contribution in [0, 0.1) is 0 Å². The Bertz CT molecular complexity index is 938. The molecule has 168 valence electrons. The Hall–Kier alpha value is -3.19. The van der Waals surface area contributed by atoms with Crippen LogP contribution in [0.4, 0.5) is 10.5 Å². The molecule has 3 aromatic rings. The fourth-order valence-electron chi connectivity index (χ4n) is 3.51. The van der Waals surface area contributed by atoms with Crippen LogP contribution in [-0.2, 0) is 11.2 Å². The lowest BCUT2D eigenvalue weighted by molar-refractivity contribution is 0.0497. The third-order valence-electron chi connectivity index (χ3n) is 5.37. The molecule has 3 N–H and O–H groups in total. The first-order chi connectivity index (χ1) is 15.6. The molecule has 1 unspecified atom stereocenters. The normalized spacial score (nSPS) is 13.7. The van der Waals surface area contributed by atoms with Crippen LogP contribution < -0.4 is 15.5 Å². The highest BCUT2D eigenvalue weighted by atomic mass is 16.5. The lowest BCUT2D eigenvalue weighted by Gasteiger charge is -2.29. The number of carbonyl (C=O) groups is 1. The number of nitrogens with zero attached hydrogens (tertiary/aromatic N) is 1.